The van der Waals surface area contributed by atoms with E-state index in [-0.39, 0.29) is 22.3 Å². The number of aromatic nitrogens is 2. The third-order valence-corrected chi connectivity index (χ3v) is 4.07. The molecule has 8 nitrogen and oxygen atoms in total. The molecule has 2 aromatic rings. The molecular formula is C16H19ClN6O2S. The maximum absolute atomic E-state index is 11.4. The van der Waals surface area contributed by atoms with E-state index in [9.17, 15) is 10.1 Å². The fraction of sp³-hybridized carbons (Fsp3) is 0.312. The Hall–Kier alpha value is -2.52. The summed E-state index contributed by atoms with van der Waals surface area (Å²) in [5, 5.41) is 18.0. The van der Waals surface area contributed by atoms with Gasteiger partial charge in [-0.05, 0) is 57.3 Å². The molecule has 1 aromatic carbocycles. The molecular weight excluding hydrogens is 376 g/mol. The molecule has 0 fully saturated rings. The summed E-state index contributed by atoms with van der Waals surface area (Å²) >= 11 is 11.1. The summed E-state index contributed by atoms with van der Waals surface area (Å²) in [6.07, 6.45) is 0. The van der Waals surface area contributed by atoms with E-state index in [1.165, 1.54) is 0 Å². The van der Waals surface area contributed by atoms with Crippen molar-refractivity contribution in [2.24, 2.45) is 0 Å². The van der Waals surface area contributed by atoms with Gasteiger partial charge in [0.2, 0.25) is 11.8 Å². The zero-order valence-electron chi connectivity index (χ0n) is 14.6. The van der Waals surface area contributed by atoms with Crippen LogP contribution in [0.15, 0.2) is 24.3 Å². The number of nitrogens with one attached hydrogen (secondary N) is 2. The van der Waals surface area contributed by atoms with Crippen molar-refractivity contribution in [2.75, 3.05) is 28.6 Å². The van der Waals surface area contributed by atoms with E-state index in [0.717, 1.165) is 0 Å². The molecule has 0 saturated heterocycles. The fourth-order valence-electron chi connectivity index (χ4n) is 2.31. The summed E-state index contributed by atoms with van der Waals surface area (Å²) in [4.78, 5) is 21.4. The third kappa shape index (κ3) is 4.77. The summed E-state index contributed by atoms with van der Waals surface area (Å²) in [7, 11) is 0. The SMILES string of the molecule is CCN(CC)c1nc(C)c([N+](=O)[O-])c(NC(=S)Nc2ccc(Cl)cc2)n1. The van der Waals surface area contributed by atoms with Crippen LogP contribution in [0.1, 0.15) is 19.5 Å². The molecule has 0 saturated carbocycles. The maximum atomic E-state index is 11.4. The van der Waals surface area contributed by atoms with Crippen molar-refractivity contribution in [3.05, 3.63) is 45.1 Å². The topological polar surface area (TPSA) is 96.2 Å². The van der Waals surface area contributed by atoms with Crippen LogP contribution >= 0.6 is 23.8 Å². The molecule has 2 N–H and O–H groups in total. The molecule has 26 heavy (non-hydrogen) atoms. The molecule has 10 heteroatoms. The van der Waals surface area contributed by atoms with Gasteiger partial charge in [-0.3, -0.25) is 10.1 Å². The molecule has 0 spiro atoms. The van der Waals surface area contributed by atoms with Gasteiger partial charge in [0.15, 0.2) is 5.11 Å². The van der Waals surface area contributed by atoms with E-state index in [0.29, 0.717) is 29.7 Å². The average molecular weight is 395 g/mol. The number of aryl methyl sites for hydroxylation is 1. The molecule has 138 valence electrons. The Morgan fingerprint density at radius 1 is 1.23 bits per heavy atom. The highest BCUT2D eigenvalue weighted by atomic mass is 35.5. The summed E-state index contributed by atoms with van der Waals surface area (Å²) in [5.74, 6) is 0.464. The number of thiocarbonyl (C=S) groups is 1. The second kappa shape index (κ2) is 8.72. The lowest BCUT2D eigenvalue weighted by molar-refractivity contribution is -0.385. The van der Waals surface area contributed by atoms with Crippen LogP contribution in [0.25, 0.3) is 0 Å². The number of benzene rings is 1. The van der Waals surface area contributed by atoms with Crippen LogP contribution in [0.2, 0.25) is 5.02 Å². The molecule has 0 radical (unpaired) electrons. The third-order valence-electron chi connectivity index (χ3n) is 3.61. The predicted octanol–water partition coefficient (Wildman–Crippen LogP) is 4.00. The van der Waals surface area contributed by atoms with Gasteiger partial charge in [-0.15, -0.1) is 0 Å². The van der Waals surface area contributed by atoms with Crippen molar-refractivity contribution < 1.29 is 4.92 Å². The first-order chi connectivity index (χ1) is 12.3. The van der Waals surface area contributed by atoms with Crippen LogP contribution in [0.5, 0.6) is 0 Å². The van der Waals surface area contributed by atoms with Crippen molar-refractivity contribution in [3.8, 4) is 0 Å². The Morgan fingerprint density at radius 3 is 2.38 bits per heavy atom. The first-order valence-electron chi connectivity index (χ1n) is 7.97. The lowest BCUT2D eigenvalue weighted by atomic mass is 10.3. The van der Waals surface area contributed by atoms with Gasteiger partial charge in [0.1, 0.15) is 5.69 Å². The van der Waals surface area contributed by atoms with Crippen LogP contribution in [-0.2, 0) is 0 Å². The highest BCUT2D eigenvalue weighted by Crippen LogP contribution is 2.28. The molecule has 1 aromatic heterocycles. The first-order valence-corrected chi connectivity index (χ1v) is 8.75. The smallest absolute Gasteiger partial charge is 0.332 e. The van der Waals surface area contributed by atoms with E-state index >= 15 is 0 Å². The van der Waals surface area contributed by atoms with Crippen LogP contribution < -0.4 is 15.5 Å². The number of halogens is 1. The summed E-state index contributed by atoms with van der Waals surface area (Å²) < 4.78 is 0. The molecule has 0 aliphatic heterocycles. The largest absolute Gasteiger partial charge is 0.341 e. The highest BCUT2D eigenvalue weighted by molar-refractivity contribution is 7.80. The van der Waals surface area contributed by atoms with E-state index in [1.807, 2.05) is 18.7 Å². The van der Waals surface area contributed by atoms with E-state index in [4.69, 9.17) is 23.8 Å². The highest BCUT2D eigenvalue weighted by Gasteiger charge is 2.24. The minimum atomic E-state index is -0.519. The maximum Gasteiger partial charge on any atom is 0.332 e. The Bertz CT molecular complexity index is 811. The summed E-state index contributed by atoms with van der Waals surface area (Å²) in [6.45, 7) is 6.86. The second-order valence-electron chi connectivity index (χ2n) is 5.32. The lowest BCUT2D eigenvalue weighted by Gasteiger charge is -2.20. The van der Waals surface area contributed by atoms with Crippen molar-refractivity contribution in [3.63, 3.8) is 0 Å². The molecule has 0 atom stereocenters. The minimum absolute atomic E-state index is 0.0517. The number of hydrogen-bond donors (Lipinski definition) is 2. The van der Waals surface area contributed by atoms with Gasteiger partial charge in [0, 0.05) is 23.8 Å². The van der Waals surface area contributed by atoms with Crippen LogP contribution in [-0.4, -0.2) is 33.1 Å². The van der Waals surface area contributed by atoms with Gasteiger partial charge in [-0.25, -0.2) is 4.98 Å². The van der Waals surface area contributed by atoms with Gasteiger partial charge in [0.05, 0.1) is 4.92 Å². The summed E-state index contributed by atoms with van der Waals surface area (Å²) in [6, 6.07) is 6.92. The van der Waals surface area contributed by atoms with Crippen molar-refractivity contribution >= 4 is 52.1 Å². The number of rotatable bonds is 6. The van der Waals surface area contributed by atoms with E-state index < -0.39 is 4.92 Å². The second-order valence-corrected chi connectivity index (χ2v) is 6.17. The number of anilines is 3. The van der Waals surface area contributed by atoms with Crippen LogP contribution in [0.4, 0.5) is 23.1 Å². The zero-order valence-corrected chi connectivity index (χ0v) is 16.2. The Balaban J connectivity index is 2.31. The van der Waals surface area contributed by atoms with E-state index in [2.05, 4.69) is 20.6 Å². The quantitative estimate of drug-likeness (QED) is 0.431. The fourth-order valence-corrected chi connectivity index (χ4v) is 2.65. The lowest BCUT2D eigenvalue weighted by Crippen LogP contribution is -2.26. The Morgan fingerprint density at radius 2 is 1.85 bits per heavy atom. The monoisotopic (exact) mass is 394 g/mol. The number of nitro groups is 1. The van der Waals surface area contributed by atoms with Crippen molar-refractivity contribution in [1.82, 2.24) is 9.97 Å². The van der Waals surface area contributed by atoms with Crippen molar-refractivity contribution in [2.45, 2.75) is 20.8 Å². The van der Waals surface area contributed by atoms with Crippen LogP contribution in [0.3, 0.4) is 0 Å². The molecule has 2 rings (SSSR count). The van der Waals surface area contributed by atoms with Gasteiger partial charge in [-0.2, -0.15) is 4.98 Å². The van der Waals surface area contributed by atoms with Gasteiger partial charge in [0.25, 0.3) is 0 Å². The standard InChI is InChI=1S/C16H19ClN6O2S/c1-4-22(5-2)15-18-10(3)13(23(24)25)14(20-15)21-16(26)19-12-8-6-11(17)7-9-12/h6-9H,4-5H2,1-3H3,(H2,18,19,20,21,26). The molecule has 1 heterocycles. The minimum Gasteiger partial charge on any atom is -0.341 e. The normalized spacial score (nSPS) is 10.3. The molecule has 0 aliphatic carbocycles. The zero-order chi connectivity index (χ0) is 19.3. The average Bonchev–Trinajstić information content (AvgIpc) is 2.57. The van der Waals surface area contributed by atoms with Gasteiger partial charge < -0.3 is 15.5 Å². The predicted molar refractivity (Wildman–Crippen MR) is 108 cm³/mol. The first kappa shape index (κ1) is 19.8. The molecule has 0 unspecified atom stereocenters. The van der Waals surface area contributed by atoms with E-state index in [1.54, 1.807) is 31.2 Å². The molecule has 0 aliphatic rings. The van der Waals surface area contributed by atoms with Gasteiger partial charge >= 0.3 is 5.69 Å². The van der Waals surface area contributed by atoms with Gasteiger partial charge in [-0.1, -0.05) is 11.6 Å². The summed E-state index contributed by atoms with van der Waals surface area (Å²) in [5.41, 5.74) is 0.758. The number of nitrogens with zero attached hydrogens (tertiary/aromatic N) is 4. The number of hydrogen-bond acceptors (Lipinski definition) is 6. The van der Waals surface area contributed by atoms with Crippen LogP contribution in [0, 0.1) is 17.0 Å². The Kier molecular flexibility index (Phi) is 6.64. The van der Waals surface area contributed by atoms with Crippen molar-refractivity contribution in [1.29, 1.82) is 0 Å². The molecule has 0 bridgehead atoms. The Labute approximate surface area is 161 Å². The molecule has 0 amide bonds.